The lowest BCUT2D eigenvalue weighted by atomic mass is 9.77. The maximum absolute atomic E-state index is 9.83. The molecule has 1 aliphatic rings. The van der Waals surface area contributed by atoms with E-state index in [9.17, 15) is 5.11 Å². The zero-order valence-electron chi connectivity index (χ0n) is 11.7. The van der Waals surface area contributed by atoms with Gasteiger partial charge in [0.15, 0.2) is 11.5 Å². The Morgan fingerprint density at radius 1 is 1.50 bits per heavy atom. The van der Waals surface area contributed by atoms with Gasteiger partial charge in [0.05, 0.1) is 18.3 Å². The number of fused-ring (bicyclic) bond motifs is 1. The molecule has 3 rings (SSSR count). The first-order valence-corrected chi connectivity index (χ1v) is 7.10. The number of nitrogens with two attached hydrogens (primary N) is 1. The Morgan fingerprint density at radius 2 is 2.25 bits per heavy atom. The van der Waals surface area contributed by atoms with E-state index in [0.717, 1.165) is 37.2 Å². The highest BCUT2D eigenvalue weighted by molar-refractivity contribution is 5.65. The number of hydrogen-bond acceptors (Lipinski definition) is 5. The van der Waals surface area contributed by atoms with Crippen molar-refractivity contribution in [2.45, 2.75) is 38.1 Å². The van der Waals surface area contributed by atoms with Crippen molar-refractivity contribution >= 4 is 17.3 Å². The summed E-state index contributed by atoms with van der Waals surface area (Å²) >= 11 is 0. The lowest BCUT2D eigenvalue weighted by Crippen LogP contribution is -2.45. The Balaban J connectivity index is 1.93. The number of nitrogen functional groups attached to an aromatic ring is 1. The summed E-state index contributed by atoms with van der Waals surface area (Å²) < 4.78 is 1.85. The van der Waals surface area contributed by atoms with Gasteiger partial charge in [0, 0.05) is 12.4 Å². The van der Waals surface area contributed by atoms with Crippen LogP contribution >= 0.6 is 0 Å². The van der Waals surface area contributed by atoms with Crippen molar-refractivity contribution in [1.82, 2.24) is 14.4 Å². The molecule has 0 aromatic carbocycles. The standard InChI is InChI=1S/C14H21N5O/c1-10-2-4-14(9-20,5-3-10)18-12-13-16-6-7-19(13)8-11(15)17-12/h6-8,10,20H,2-5,9,15H2,1H3,(H,17,18). The molecule has 20 heavy (non-hydrogen) atoms. The molecule has 1 aliphatic carbocycles. The molecular formula is C14H21N5O. The normalized spacial score (nSPS) is 26.8. The van der Waals surface area contributed by atoms with Gasteiger partial charge in [-0.25, -0.2) is 9.97 Å². The highest BCUT2D eigenvalue weighted by Crippen LogP contribution is 2.34. The third-order valence-corrected chi connectivity index (χ3v) is 4.31. The van der Waals surface area contributed by atoms with Crippen LogP contribution in [0, 0.1) is 5.92 Å². The highest BCUT2D eigenvalue weighted by atomic mass is 16.3. The molecule has 2 aromatic heterocycles. The van der Waals surface area contributed by atoms with E-state index in [4.69, 9.17) is 5.73 Å². The number of rotatable bonds is 3. The second kappa shape index (κ2) is 4.94. The summed E-state index contributed by atoms with van der Waals surface area (Å²) in [5, 5.41) is 13.2. The van der Waals surface area contributed by atoms with E-state index in [1.165, 1.54) is 0 Å². The van der Waals surface area contributed by atoms with Gasteiger partial charge in [0.1, 0.15) is 5.82 Å². The Labute approximate surface area is 118 Å². The molecule has 2 aromatic rings. The van der Waals surface area contributed by atoms with Crippen LogP contribution in [0.15, 0.2) is 18.6 Å². The first-order valence-electron chi connectivity index (χ1n) is 7.10. The third-order valence-electron chi connectivity index (χ3n) is 4.31. The van der Waals surface area contributed by atoms with E-state index >= 15 is 0 Å². The van der Waals surface area contributed by atoms with Crippen molar-refractivity contribution < 1.29 is 5.11 Å². The zero-order valence-corrected chi connectivity index (χ0v) is 11.7. The molecule has 0 atom stereocenters. The minimum absolute atomic E-state index is 0.100. The van der Waals surface area contributed by atoms with Crippen LogP contribution < -0.4 is 11.1 Å². The molecule has 6 heteroatoms. The van der Waals surface area contributed by atoms with Crippen LogP contribution in [0.5, 0.6) is 0 Å². The number of nitrogens with one attached hydrogen (secondary N) is 1. The summed E-state index contributed by atoms with van der Waals surface area (Å²) in [4.78, 5) is 8.66. The maximum Gasteiger partial charge on any atom is 0.180 e. The minimum Gasteiger partial charge on any atom is -0.394 e. The highest BCUT2D eigenvalue weighted by Gasteiger charge is 2.34. The molecule has 2 heterocycles. The van der Waals surface area contributed by atoms with Crippen molar-refractivity contribution in [3.8, 4) is 0 Å². The summed E-state index contributed by atoms with van der Waals surface area (Å²) in [7, 11) is 0. The molecule has 6 nitrogen and oxygen atoms in total. The average molecular weight is 275 g/mol. The maximum atomic E-state index is 9.83. The van der Waals surface area contributed by atoms with E-state index in [1.807, 2.05) is 10.6 Å². The average Bonchev–Trinajstić information content (AvgIpc) is 2.90. The smallest absolute Gasteiger partial charge is 0.180 e. The van der Waals surface area contributed by atoms with Gasteiger partial charge in [-0.15, -0.1) is 0 Å². The van der Waals surface area contributed by atoms with Crippen LogP contribution in [0.25, 0.3) is 5.65 Å². The molecule has 108 valence electrons. The zero-order chi connectivity index (χ0) is 14.2. The van der Waals surface area contributed by atoms with Gasteiger partial charge >= 0.3 is 0 Å². The molecular weight excluding hydrogens is 254 g/mol. The van der Waals surface area contributed by atoms with Gasteiger partial charge in [-0.2, -0.15) is 0 Å². The van der Waals surface area contributed by atoms with Gasteiger partial charge in [-0.3, -0.25) is 0 Å². The van der Waals surface area contributed by atoms with Crippen LogP contribution in [0.3, 0.4) is 0 Å². The third kappa shape index (κ3) is 2.31. The molecule has 1 saturated carbocycles. The van der Waals surface area contributed by atoms with E-state index in [2.05, 4.69) is 22.2 Å². The molecule has 4 N–H and O–H groups in total. The topological polar surface area (TPSA) is 88.5 Å². The van der Waals surface area contributed by atoms with Gasteiger partial charge < -0.3 is 20.6 Å². The van der Waals surface area contributed by atoms with Gasteiger partial charge in [0.2, 0.25) is 0 Å². The lowest BCUT2D eigenvalue weighted by Gasteiger charge is -2.39. The molecule has 0 bridgehead atoms. The molecule has 0 saturated heterocycles. The quantitative estimate of drug-likeness (QED) is 0.793. The number of imidazole rings is 1. The van der Waals surface area contributed by atoms with Crippen molar-refractivity contribution in [1.29, 1.82) is 0 Å². The fourth-order valence-corrected chi connectivity index (χ4v) is 2.92. The number of anilines is 2. The van der Waals surface area contributed by atoms with Crippen molar-refractivity contribution in [2.24, 2.45) is 5.92 Å². The summed E-state index contributed by atoms with van der Waals surface area (Å²) in [6.45, 7) is 2.36. The second-order valence-corrected chi connectivity index (χ2v) is 5.92. The van der Waals surface area contributed by atoms with Crippen LogP contribution in [0.4, 0.5) is 11.6 Å². The fraction of sp³-hybridized carbons (Fsp3) is 0.571. The number of hydrogen-bond donors (Lipinski definition) is 3. The number of nitrogens with zero attached hydrogens (tertiary/aromatic N) is 3. The Bertz CT molecular complexity index is 601. The summed E-state index contributed by atoms with van der Waals surface area (Å²) in [5.74, 6) is 1.81. The number of aliphatic hydroxyl groups excluding tert-OH is 1. The summed E-state index contributed by atoms with van der Waals surface area (Å²) in [5.41, 5.74) is 6.27. The Morgan fingerprint density at radius 3 is 2.95 bits per heavy atom. The Kier molecular flexibility index (Phi) is 3.25. The molecule has 0 unspecified atom stereocenters. The van der Waals surface area contributed by atoms with E-state index in [-0.39, 0.29) is 12.1 Å². The summed E-state index contributed by atoms with van der Waals surface area (Å²) in [6.07, 6.45) is 9.40. The van der Waals surface area contributed by atoms with E-state index < -0.39 is 0 Å². The van der Waals surface area contributed by atoms with Crippen LogP contribution in [0.2, 0.25) is 0 Å². The molecule has 0 radical (unpaired) electrons. The monoisotopic (exact) mass is 275 g/mol. The predicted molar refractivity (Wildman–Crippen MR) is 78.5 cm³/mol. The van der Waals surface area contributed by atoms with Crippen molar-refractivity contribution in [2.75, 3.05) is 17.7 Å². The van der Waals surface area contributed by atoms with Gasteiger partial charge in [-0.1, -0.05) is 6.92 Å². The van der Waals surface area contributed by atoms with Gasteiger partial charge in [-0.05, 0) is 31.6 Å². The van der Waals surface area contributed by atoms with Crippen molar-refractivity contribution in [3.63, 3.8) is 0 Å². The molecule has 1 fully saturated rings. The second-order valence-electron chi connectivity index (χ2n) is 5.92. The van der Waals surface area contributed by atoms with E-state index in [0.29, 0.717) is 11.6 Å². The largest absolute Gasteiger partial charge is 0.394 e. The number of aromatic nitrogens is 3. The van der Waals surface area contributed by atoms with Crippen molar-refractivity contribution in [3.05, 3.63) is 18.6 Å². The van der Waals surface area contributed by atoms with E-state index in [1.54, 1.807) is 12.4 Å². The molecule has 0 amide bonds. The number of aliphatic hydroxyl groups is 1. The first kappa shape index (κ1) is 13.2. The lowest BCUT2D eigenvalue weighted by molar-refractivity contribution is 0.155. The molecule has 0 aliphatic heterocycles. The SMILES string of the molecule is CC1CCC(CO)(Nc2nc(N)cn3ccnc23)CC1. The molecule has 0 spiro atoms. The van der Waals surface area contributed by atoms with Crippen LogP contribution in [-0.4, -0.2) is 31.6 Å². The summed E-state index contributed by atoms with van der Waals surface area (Å²) in [6, 6.07) is 0. The fourth-order valence-electron chi connectivity index (χ4n) is 2.92. The van der Waals surface area contributed by atoms with Crippen LogP contribution in [0.1, 0.15) is 32.6 Å². The van der Waals surface area contributed by atoms with Gasteiger partial charge in [0.25, 0.3) is 0 Å². The Hall–Kier alpha value is -1.82. The minimum atomic E-state index is -0.306. The van der Waals surface area contributed by atoms with Crippen LogP contribution in [-0.2, 0) is 0 Å². The predicted octanol–water partition coefficient (Wildman–Crippen LogP) is 1.66. The first-order chi connectivity index (χ1) is 9.62.